The van der Waals surface area contributed by atoms with Crippen LogP contribution in [0.25, 0.3) is 0 Å². The summed E-state index contributed by atoms with van der Waals surface area (Å²) in [7, 11) is 0. The van der Waals surface area contributed by atoms with Crippen molar-refractivity contribution in [1.29, 1.82) is 0 Å². The fourth-order valence-electron chi connectivity index (χ4n) is 2.99. The number of aryl methyl sites for hydroxylation is 1. The summed E-state index contributed by atoms with van der Waals surface area (Å²) in [5.41, 5.74) is 4.59. The third-order valence-corrected chi connectivity index (χ3v) is 4.35. The van der Waals surface area contributed by atoms with Crippen LogP contribution in [0, 0.1) is 6.92 Å². The molecular formula is C21H25N5. The third-order valence-electron chi connectivity index (χ3n) is 4.35. The van der Waals surface area contributed by atoms with Gasteiger partial charge in [0, 0.05) is 17.9 Å². The topological polar surface area (TPSA) is 53.9 Å². The molecule has 2 aromatic carbocycles. The van der Waals surface area contributed by atoms with Crippen LogP contribution >= 0.6 is 0 Å². The first-order valence-electron chi connectivity index (χ1n) is 8.99. The second-order valence-electron chi connectivity index (χ2n) is 6.54. The first-order valence-corrected chi connectivity index (χ1v) is 8.99. The zero-order chi connectivity index (χ0) is 18.5. The lowest BCUT2D eigenvalue weighted by molar-refractivity contribution is 0.864. The van der Waals surface area contributed by atoms with Gasteiger partial charge in [-0.05, 0) is 43.0 Å². The number of aromatic nitrogens is 3. The molecule has 3 aromatic rings. The molecule has 0 fully saturated rings. The third kappa shape index (κ3) is 3.82. The van der Waals surface area contributed by atoms with Crippen LogP contribution in [0.15, 0.2) is 54.7 Å². The molecule has 0 atom stereocenters. The van der Waals surface area contributed by atoms with Crippen LogP contribution in [0.3, 0.4) is 0 Å². The van der Waals surface area contributed by atoms with E-state index in [0.29, 0.717) is 17.7 Å². The van der Waals surface area contributed by atoms with E-state index in [1.807, 2.05) is 35.2 Å². The quantitative estimate of drug-likeness (QED) is 0.664. The van der Waals surface area contributed by atoms with Gasteiger partial charge in [0.05, 0.1) is 6.20 Å². The fraction of sp³-hybridized carbons (Fsp3) is 0.286. The fourth-order valence-corrected chi connectivity index (χ4v) is 2.99. The highest BCUT2D eigenvalue weighted by Gasteiger charge is 2.14. The van der Waals surface area contributed by atoms with Gasteiger partial charge in [-0.2, -0.15) is 10.1 Å². The second-order valence-corrected chi connectivity index (χ2v) is 6.54. The molecule has 0 saturated carbocycles. The lowest BCUT2D eigenvalue weighted by atomic mass is 9.98. The van der Waals surface area contributed by atoms with Gasteiger partial charge in [-0.3, -0.25) is 0 Å². The van der Waals surface area contributed by atoms with E-state index in [4.69, 9.17) is 4.98 Å². The number of rotatable bonds is 6. The van der Waals surface area contributed by atoms with Crippen LogP contribution in [0.4, 0.5) is 23.1 Å². The first-order chi connectivity index (χ1) is 12.6. The van der Waals surface area contributed by atoms with Crippen molar-refractivity contribution in [3.05, 3.63) is 65.9 Å². The van der Waals surface area contributed by atoms with Crippen LogP contribution in [-0.4, -0.2) is 21.7 Å². The predicted octanol–water partition coefficient (Wildman–Crippen LogP) is 5.21. The van der Waals surface area contributed by atoms with Crippen molar-refractivity contribution in [3.63, 3.8) is 0 Å². The van der Waals surface area contributed by atoms with Gasteiger partial charge in [-0.1, -0.05) is 50.2 Å². The summed E-state index contributed by atoms with van der Waals surface area (Å²) in [5.74, 6) is 1.70. The molecule has 134 valence electrons. The minimum atomic E-state index is 0.420. The zero-order valence-corrected chi connectivity index (χ0v) is 15.8. The van der Waals surface area contributed by atoms with Gasteiger partial charge >= 0.3 is 0 Å². The molecule has 0 aliphatic carbocycles. The Hall–Kier alpha value is -2.95. The molecule has 5 nitrogen and oxygen atoms in total. The molecule has 0 aliphatic heterocycles. The zero-order valence-electron chi connectivity index (χ0n) is 15.8. The molecule has 1 heterocycles. The van der Waals surface area contributed by atoms with Gasteiger partial charge < -0.3 is 10.2 Å². The summed E-state index contributed by atoms with van der Waals surface area (Å²) in [4.78, 5) is 6.74. The van der Waals surface area contributed by atoms with Gasteiger partial charge in [0.2, 0.25) is 0 Å². The average Bonchev–Trinajstić information content (AvgIpc) is 2.65. The lowest BCUT2D eigenvalue weighted by Crippen LogP contribution is -2.19. The maximum absolute atomic E-state index is 4.70. The minimum absolute atomic E-state index is 0.420. The normalized spacial score (nSPS) is 10.8. The van der Waals surface area contributed by atoms with Gasteiger partial charge in [0.15, 0.2) is 5.82 Å². The number of anilines is 4. The Morgan fingerprint density at radius 1 is 1.04 bits per heavy atom. The highest BCUT2D eigenvalue weighted by atomic mass is 15.3. The summed E-state index contributed by atoms with van der Waals surface area (Å²) >= 11 is 0. The van der Waals surface area contributed by atoms with Crippen molar-refractivity contribution < 1.29 is 0 Å². The van der Waals surface area contributed by atoms with Crippen LogP contribution in [0.1, 0.15) is 37.8 Å². The Morgan fingerprint density at radius 3 is 2.50 bits per heavy atom. The van der Waals surface area contributed by atoms with E-state index in [0.717, 1.165) is 17.9 Å². The van der Waals surface area contributed by atoms with Crippen molar-refractivity contribution >= 4 is 23.1 Å². The molecule has 0 saturated heterocycles. The molecule has 1 N–H and O–H groups in total. The largest absolute Gasteiger partial charge is 0.338 e. The highest BCUT2D eigenvalue weighted by Crippen LogP contribution is 2.30. The van der Waals surface area contributed by atoms with Gasteiger partial charge in [0.1, 0.15) is 0 Å². The van der Waals surface area contributed by atoms with E-state index in [9.17, 15) is 0 Å². The number of nitrogens with one attached hydrogen (secondary N) is 1. The summed E-state index contributed by atoms with van der Waals surface area (Å²) < 4.78 is 0. The molecule has 0 aliphatic rings. The Labute approximate surface area is 155 Å². The van der Waals surface area contributed by atoms with E-state index in [-0.39, 0.29) is 0 Å². The molecule has 3 rings (SSSR count). The summed E-state index contributed by atoms with van der Waals surface area (Å²) in [6, 6.07) is 16.5. The molecule has 5 heteroatoms. The number of hydrogen-bond acceptors (Lipinski definition) is 5. The SMILES string of the molecule is CCN(c1ccccc1)c1nncc(Nc2c(C)cccc2C(C)C)n1. The van der Waals surface area contributed by atoms with Crippen molar-refractivity contribution in [2.24, 2.45) is 0 Å². The number of hydrogen-bond donors (Lipinski definition) is 1. The van der Waals surface area contributed by atoms with E-state index in [1.54, 1.807) is 6.20 Å². The smallest absolute Gasteiger partial charge is 0.251 e. The molecule has 0 bridgehead atoms. The van der Waals surface area contributed by atoms with Gasteiger partial charge in [0.25, 0.3) is 5.95 Å². The second kappa shape index (κ2) is 7.95. The van der Waals surface area contributed by atoms with Crippen LogP contribution < -0.4 is 10.2 Å². The van der Waals surface area contributed by atoms with E-state index >= 15 is 0 Å². The van der Waals surface area contributed by atoms with E-state index < -0.39 is 0 Å². The number of para-hydroxylation sites is 2. The molecule has 0 amide bonds. The molecule has 0 spiro atoms. The van der Waals surface area contributed by atoms with Crippen molar-refractivity contribution in [3.8, 4) is 0 Å². The molecule has 1 aromatic heterocycles. The van der Waals surface area contributed by atoms with Crippen LogP contribution in [0.5, 0.6) is 0 Å². The lowest BCUT2D eigenvalue weighted by Gasteiger charge is -2.21. The Balaban J connectivity index is 1.94. The molecular weight excluding hydrogens is 322 g/mol. The van der Waals surface area contributed by atoms with Gasteiger partial charge in [-0.15, -0.1) is 5.10 Å². The van der Waals surface area contributed by atoms with E-state index in [2.05, 4.69) is 61.4 Å². The average molecular weight is 347 g/mol. The molecule has 0 radical (unpaired) electrons. The Kier molecular flexibility index (Phi) is 5.46. The van der Waals surface area contributed by atoms with Crippen LogP contribution in [-0.2, 0) is 0 Å². The minimum Gasteiger partial charge on any atom is -0.338 e. The standard InChI is InChI=1S/C21H25N5/c1-5-26(17-11-7-6-8-12-17)21-24-19(14-22-25-21)23-20-16(4)10-9-13-18(20)15(2)3/h6-15H,5H2,1-4H3,(H,23,24,25). The first kappa shape index (κ1) is 17.9. The number of benzene rings is 2. The predicted molar refractivity (Wildman–Crippen MR) is 107 cm³/mol. The number of nitrogens with zero attached hydrogens (tertiary/aromatic N) is 4. The highest BCUT2D eigenvalue weighted by molar-refractivity contribution is 5.66. The molecule has 0 unspecified atom stereocenters. The van der Waals surface area contributed by atoms with Crippen molar-refractivity contribution in [2.45, 2.75) is 33.6 Å². The molecule has 26 heavy (non-hydrogen) atoms. The monoisotopic (exact) mass is 347 g/mol. The van der Waals surface area contributed by atoms with E-state index in [1.165, 1.54) is 11.1 Å². The Morgan fingerprint density at radius 2 is 1.81 bits per heavy atom. The summed E-state index contributed by atoms with van der Waals surface area (Å²) in [5, 5.41) is 11.8. The van der Waals surface area contributed by atoms with Gasteiger partial charge in [-0.25, -0.2) is 0 Å². The Bertz CT molecular complexity index is 861. The van der Waals surface area contributed by atoms with Crippen LogP contribution in [0.2, 0.25) is 0 Å². The summed E-state index contributed by atoms with van der Waals surface area (Å²) in [6.07, 6.45) is 1.67. The maximum Gasteiger partial charge on any atom is 0.251 e. The van der Waals surface area contributed by atoms with Crippen molar-refractivity contribution in [1.82, 2.24) is 15.2 Å². The summed E-state index contributed by atoms with van der Waals surface area (Å²) in [6.45, 7) is 9.33. The maximum atomic E-state index is 4.70. The van der Waals surface area contributed by atoms with Crippen molar-refractivity contribution in [2.75, 3.05) is 16.8 Å².